The Morgan fingerprint density at radius 1 is 1.09 bits per heavy atom. The summed E-state index contributed by atoms with van der Waals surface area (Å²) in [6, 6.07) is 16.7. The van der Waals surface area contributed by atoms with Crippen LogP contribution < -0.4 is 15.4 Å². The molecule has 0 aliphatic carbocycles. The lowest BCUT2D eigenvalue weighted by atomic mass is 9.94. The van der Waals surface area contributed by atoms with Gasteiger partial charge in [-0.3, -0.25) is 4.79 Å². The minimum Gasteiger partial charge on any atom is -0.497 e. The predicted octanol–water partition coefficient (Wildman–Crippen LogP) is 3.11. The SMILES string of the molecule is COc1ccc(CC(=O)N(Cc2ccc(C)cc2)C2CCNC(CCN3CCNC3=O)C2)cc1. The number of ether oxygens (including phenoxy) is 1. The highest BCUT2D eigenvalue weighted by atomic mass is 16.5. The summed E-state index contributed by atoms with van der Waals surface area (Å²) in [5, 5.41) is 6.47. The lowest BCUT2D eigenvalue weighted by molar-refractivity contribution is -0.134. The van der Waals surface area contributed by atoms with E-state index in [4.69, 9.17) is 4.74 Å². The number of hydrogen-bond acceptors (Lipinski definition) is 4. The van der Waals surface area contributed by atoms with Gasteiger partial charge in [-0.2, -0.15) is 0 Å². The Morgan fingerprint density at radius 3 is 2.50 bits per heavy atom. The first kappa shape index (κ1) is 24.1. The third kappa shape index (κ3) is 6.29. The number of hydrogen-bond donors (Lipinski definition) is 2. The number of nitrogens with zero attached hydrogens (tertiary/aromatic N) is 2. The summed E-state index contributed by atoms with van der Waals surface area (Å²) in [5.74, 6) is 0.941. The van der Waals surface area contributed by atoms with Crippen LogP contribution in [-0.2, 0) is 17.8 Å². The van der Waals surface area contributed by atoms with E-state index in [0.717, 1.165) is 62.3 Å². The van der Waals surface area contributed by atoms with Gasteiger partial charge in [0, 0.05) is 38.3 Å². The molecule has 2 aliphatic heterocycles. The summed E-state index contributed by atoms with van der Waals surface area (Å²) in [6.45, 7) is 5.81. The van der Waals surface area contributed by atoms with Crippen LogP contribution in [0.25, 0.3) is 0 Å². The van der Waals surface area contributed by atoms with Gasteiger partial charge in [0.15, 0.2) is 0 Å². The van der Waals surface area contributed by atoms with E-state index in [1.54, 1.807) is 7.11 Å². The first-order valence-electron chi connectivity index (χ1n) is 12.3. The molecule has 2 heterocycles. The standard InChI is InChI=1S/C27H36N4O3/c1-20-3-5-22(6-4-20)19-31(26(32)17-21-7-9-25(34-2)10-8-21)24-11-13-28-23(18-24)12-15-30-16-14-29-27(30)33/h3-10,23-24,28H,11-19H2,1-2H3,(H,29,33). The minimum atomic E-state index is 0.0306. The van der Waals surface area contributed by atoms with Crippen molar-refractivity contribution < 1.29 is 14.3 Å². The molecule has 3 amide bonds. The first-order valence-corrected chi connectivity index (χ1v) is 12.3. The fourth-order valence-electron chi connectivity index (χ4n) is 4.85. The molecule has 2 aliphatic rings. The van der Waals surface area contributed by atoms with Crippen LogP contribution in [0, 0.1) is 6.92 Å². The summed E-state index contributed by atoms with van der Waals surface area (Å²) in [6.07, 6.45) is 3.10. The van der Waals surface area contributed by atoms with Gasteiger partial charge in [0.25, 0.3) is 0 Å². The molecule has 2 N–H and O–H groups in total. The Kier molecular flexibility index (Phi) is 8.06. The highest BCUT2D eigenvalue weighted by Crippen LogP contribution is 2.22. The molecule has 2 aromatic carbocycles. The molecule has 0 aromatic heterocycles. The molecule has 0 radical (unpaired) electrons. The Labute approximate surface area is 202 Å². The molecule has 0 spiro atoms. The van der Waals surface area contributed by atoms with Crippen molar-refractivity contribution in [3.63, 3.8) is 0 Å². The molecular weight excluding hydrogens is 428 g/mol. The Balaban J connectivity index is 1.44. The first-order chi connectivity index (χ1) is 16.5. The van der Waals surface area contributed by atoms with Crippen LogP contribution >= 0.6 is 0 Å². The molecule has 34 heavy (non-hydrogen) atoms. The number of amides is 3. The second kappa shape index (κ2) is 11.4. The summed E-state index contributed by atoms with van der Waals surface area (Å²) >= 11 is 0. The molecule has 2 fully saturated rings. The number of carbonyl (C=O) groups is 2. The van der Waals surface area contributed by atoms with Crippen molar-refractivity contribution in [2.45, 2.75) is 51.2 Å². The smallest absolute Gasteiger partial charge is 0.317 e. The number of piperidine rings is 1. The highest BCUT2D eigenvalue weighted by molar-refractivity contribution is 5.79. The second-order valence-corrected chi connectivity index (χ2v) is 9.37. The molecule has 2 atom stereocenters. The number of methoxy groups -OCH3 is 1. The van der Waals surface area contributed by atoms with E-state index in [-0.39, 0.29) is 18.0 Å². The van der Waals surface area contributed by atoms with E-state index < -0.39 is 0 Å². The minimum absolute atomic E-state index is 0.0306. The zero-order valence-electron chi connectivity index (χ0n) is 20.3. The number of benzene rings is 2. The van der Waals surface area contributed by atoms with Gasteiger partial charge in [-0.1, -0.05) is 42.0 Å². The van der Waals surface area contributed by atoms with Gasteiger partial charge in [-0.05, 0) is 56.0 Å². The predicted molar refractivity (Wildman–Crippen MR) is 133 cm³/mol. The number of urea groups is 1. The van der Waals surface area contributed by atoms with Gasteiger partial charge in [0.2, 0.25) is 5.91 Å². The topological polar surface area (TPSA) is 73.9 Å². The Bertz CT molecular complexity index is 961. The summed E-state index contributed by atoms with van der Waals surface area (Å²) in [7, 11) is 1.65. The normalized spacial score (nSPS) is 20.2. The monoisotopic (exact) mass is 464 g/mol. The van der Waals surface area contributed by atoms with Gasteiger partial charge in [0.1, 0.15) is 5.75 Å². The fourth-order valence-corrected chi connectivity index (χ4v) is 4.85. The molecule has 182 valence electrons. The van der Waals surface area contributed by atoms with E-state index in [1.165, 1.54) is 5.56 Å². The second-order valence-electron chi connectivity index (χ2n) is 9.37. The molecular formula is C27H36N4O3. The largest absolute Gasteiger partial charge is 0.497 e. The Hall–Kier alpha value is -3.06. The third-order valence-corrected chi connectivity index (χ3v) is 6.91. The van der Waals surface area contributed by atoms with Crippen molar-refractivity contribution in [2.24, 2.45) is 0 Å². The molecule has 4 rings (SSSR count). The average molecular weight is 465 g/mol. The average Bonchev–Trinajstić information content (AvgIpc) is 3.27. The number of aryl methyl sites for hydroxylation is 1. The molecule has 0 saturated carbocycles. The third-order valence-electron chi connectivity index (χ3n) is 6.91. The van der Waals surface area contributed by atoms with Gasteiger partial charge < -0.3 is 25.2 Å². The van der Waals surface area contributed by atoms with Crippen molar-refractivity contribution in [3.8, 4) is 5.75 Å². The van der Waals surface area contributed by atoms with Gasteiger partial charge >= 0.3 is 6.03 Å². The summed E-state index contributed by atoms with van der Waals surface area (Å²) in [5.41, 5.74) is 3.36. The maximum Gasteiger partial charge on any atom is 0.317 e. The quantitative estimate of drug-likeness (QED) is 0.598. The van der Waals surface area contributed by atoms with Crippen LogP contribution in [0.5, 0.6) is 5.75 Å². The van der Waals surface area contributed by atoms with Gasteiger partial charge in [-0.15, -0.1) is 0 Å². The van der Waals surface area contributed by atoms with Crippen LogP contribution in [0.1, 0.15) is 36.0 Å². The Morgan fingerprint density at radius 2 is 1.82 bits per heavy atom. The molecule has 2 unspecified atom stereocenters. The number of nitrogens with one attached hydrogen (secondary N) is 2. The molecule has 0 bridgehead atoms. The van der Waals surface area contributed by atoms with Crippen LogP contribution in [0.15, 0.2) is 48.5 Å². The molecule has 7 heteroatoms. The zero-order chi connectivity index (χ0) is 23.9. The van der Waals surface area contributed by atoms with E-state index >= 15 is 0 Å². The summed E-state index contributed by atoms with van der Waals surface area (Å²) < 4.78 is 5.25. The van der Waals surface area contributed by atoms with E-state index in [1.807, 2.05) is 29.2 Å². The van der Waals surface area contributed by atoms with E-state index in [9.17, 15) is 9.59 Å². The van der Waals surface area contributed by atoms with Gasteiger partial charge in [0.05, 0.1) is 13.5 Å². The molecule has 2 aromatic rings. The van der Waals surface area contributed by atoms with Crippen LogP contribution in [0.2, 0.25) is 0 Å². The van der Waals surface area contributed by atoms with E-state index in [2.05, 4.69) is 46.7 Å². The molecule has 2 saturated heterocycles. The number of carbonyl (C=O) groups excluding carboxylic acids is 2. The summed E-state index contributed by atoms with van der Waals surface area (Å²) in [4.78, 5) is 29.4. The van der Waals surface area contributed by atoms with Crippen molar-refractivity contribution in [2.75, 3.05) is 33.3 Å². The van der Waals surface area contributed by atoms with Gasteiger partial charge in [-0.25, -0.2) is 4.79 Å². The lowest BCUT2D eigenvalue weighted by Gasteiger charge is -2.39. The van der Waals surface area contributed by atoms with Crippen molar-refractivity contribution in [1.29, 1.82) is 0 Å². The van der Waals surface area contributed by atoms with Crippen molar-refractivity contribution in [1.82, 2.24) is 20.4 Å². The van der Waals surface area contributed by atoms with Crippen molar-refractivity contribution in [3.05, 3.63) is 65.2 Å². The molecule has 7 nitrogen and oxygen atoms in total. The maximum atomic E-state index is 13.6. The zero-order valence-corrected chi connectivity index (χ0v) is 20.3. The van der Waals surface area contributed by atoms with Crippen LogP contribution in [0.3, 0.4) is 0 Å². The van der Waals surface area contributed by atoms with Crippen LogP contribution in [-0.4, -0.2) is 67.1 Å². The van der Waals surface area contributed by atoms with Crippen LogP contribution in [0.4, 0.5) is 4.79 Å². The van der Waals surface area contributed by atoms with Crippen molar-refractivity contribution >= 4 is 11.9 Å². The fraction of sp³-hybridized carbons (Fsp3) is 0.481. The number of rotatable bonds is 9. The lowest BCUT2D eigenvalue weighted by Crippen LogP contribution is -2.50. The van der Waals surface area contributed by atoms with E-state index in [0.29, 0.717) is 19.0 Å². The maximum absolute atomic E-state index is 13.6. The highest BCUT2D eigenvalue weighted by Gasteiger charge is 2.30.